The van der Waals surface area contributed by atoms with E-state index in [9.17, 15) is 9.59 Å². The molecule has 0 saturated carbocycles. The van der Waals surface area contributed by atoms with Crippen LogP contribution in [-0.4, -0.2) is 28.0 Å². The molecule has 0 fully saturated rings. The van der Waals surface area contributed by atoms with Gasteiger partial charge in [0.25, 0.3) is 0 Å². The molecule has 0 spiro atoms. The number of aliphatic hydroxyl groups is 1. The highest BCUT2D eigenvalue weighted by molar-refractivity contribution is 5.71. The molecular formula is C27H29N3O5. The van der Waals surface area contributed by atoms with Crippen LogP contribution in [0.5, 0.6) is 5.75 Å². The molecule has 182 valence electrons. The van der Waals surface area contributed by atoms with Crippen LogP contribution >= 0.6 is 0 Å². The Morgan fingerprint density at radius 3 is 2.34 bits per heavy atom. The summed E-state index contributed by atoms with van der Waals surface area (Å²) < 4.78 is 11.3. The molecule has 0 unspecified atom stereocenters. The smallest absolute Gasteiger partial charge is 0.440 e. The number of benzene rings is 3. The monoisotopic (exact) mass is 475 g/mol. The zero-order chi connectivity index (χ0) is 24.9. The Morgan fingerprint density at radius 1 is 1.00 bits per heavy atom. The molecule has 8 nitrogen and oxygen atoms in total. The molecule has 0 aliphatic heterocycles. The van der Waals surface area contributed by atoms with E-state index >= 15 is 0 Å². The minimum Gasteiger partial charge on any atom is -0.491 e. The maximum atomic E-state index is 11.6. The van der Waals surface area contributed by atoms with Crippen molar-refractivity contribution >= 4 is 5.69 Å². The third-order valence-corrected chi connectivity index (χ3v) is 6.17. The van der Waals surface area contributed by atoms with Crippen LogP contribution < -0.4 is 21.5 Å². The Kier molecular flexibility index (Phi) is 7.22. The predicted octanol–water partition coefficient (Wildman–Crippen LogP) is 3.75. The van der Waals surface area contributed by atoms with Gasteiger partial charge in [0.05, 0.1) is 13.2 Å². The first-order valence-electron chi connectivity index (χ1n) is 11.4. The van der Waals surface area contributed by atoms with Crippen LogP contribution in [0, 0.1) is 20.8 Å². The van der Waals surface area contributed by atoms with Gasteiger partial charge >= 0.3 is 11.4 Å². The zero-order valence-corrected chi connectivity index (χ0v) is 20.1. The molecule has 4 aromatic rings. The van der Waals surface area contributed by atoms with Crippen LogP contribution in [0.4, 0.5) is 5.69 Å². The lowest BCUT2D eigenvalue weighted by atomic mass is 9.90. The molecule has 3 aromatic carbocycles. The Bertz CT molecular complexity index is 1410. The van der Waals surface area contributed by atoms with Crippen molar-refractivity contribution in [2.45, 2.75) is 33.9 Å². The van der Waals surface area contributed by atoms with E-state index in [-0.39, 0.29) is 19.8 Å². The molecule has 35 heavy (non-hydrogen) atoms. The molecule has 1 aromatic heterocycles. The summed E-state index contributed by atoms with van der Waals surface area (Å²) in [4.78, 5) is 24.9. The van der Waals surface area contributed by atoms with E-state index in [2.05, 4.69) is 37.1 Å². The lowest BCUT2D eigenvalue weighted by Gasteiger charge is -2.19. The maximum Gasteiger partial charge on any atom is 0.440 e. The Labute approximate surface area is 202 Å². The third kappa shape index (κ3) is 5.55. The van der Waals surface area contributed by atoms with E-state index in [1.165, 1.54) is 27.8 Å². The van der Waals surface area contributed by atoms with Gasteiger partial charge in [0.15, 0.2) is 0 Å². The van der Waals surface area contributed by atoms with Crippen LogP contribution in [-0.2, 0) is 13.1 Å². The molecule has 1 heterocycles. The first kappa shape index (κ1) is 24.1. The van der Waals surface area contributed by atoms with Gasteiger partial charge in [-0.15, -0.1) is 4.74 Å². The highest BCUT2D eigenvalue weighted by atomic mass is 16.5. The third-order valence-electron chi connectivity index (χ3n) is 6.17. The van der Waals surface area contributed by atoms with Gasteiger partial charge in [-0.25, -0.2) is 14.6 Å². The number of H-pyrrole nitrogens is 1. The molecule has 3 N–H and O–H groups in total. The van der Waals surface area contributed by atoms with Crippen molar-refractivity contribution in [2.75, 3.05) is 18.5 Å². The van der Waals surface area contributed by atoms with Crippen molar-refractivity contribution in [2.24, 2.45) is 0 Å². The summed E-state index contributed by atoms with van der Waals surface area (Å²) >= 11 is 0. The van der Waals surface area contributed by atoms with E-state index in [0.29, 0.717) is 6.54 Å². The number of aromatic nitrogens is 2. The topological polar surface area (TPSA) is 109 Å². The summed E-state index contributed by atoms with van der Waals surface area (Å²) in [6.45, 7) is 7.51. The molecule has 0 amide bonds. The van der Waals surface area contributed by atoms with Crippen molar-refractivity contribution in [3.63, 3.8) is 0 Å². The molecule has 0 saturated heterocycles. The van der Waals surface area contributed by atoms with Gasteiger partial charge in [-0.3, -0.25) is 0 Å². The van der Waals surface area contributed by atoms with Crippen molar-refractivity contribution in [1.82, 2.24) is 9.72 Å². The van der Waals surface area contributed by atoms with Gasteiger partial charge in [-0.05, 0) is 84.0 Å². The fourth-order valence-corrected chi connectivity index (χ4v) is 4.08. The standard InChI is InChI=1S/C27H29N3O5/c1-17-14-24(21-6-10-23(11-7-21)34-13-12-31)19(3)25(18(17)2)15-28-22-8-4-20(5-9-22)16-30-26(32)29-27(33)35-30/h4-11,14,28,31H,12-13,15-16H2,1-3H3,(H,29,32,33). The number of nitrogens with one attached hydrogen (secondary N) is 2. The van der Waals surface area contributed by atoms with Crippen molar-refractivity contribution < 1.29 is 14.4 Å². The van der Waals surface area contributed by atoms with Gasteiger partial charge in [0.1, 0.15) is 12.4 Å². The highest BCUT2D eigenvalue weighted by Crippen LogP contribution is 2.32. The SMILES string of the molecule is Cc1cc(-c2ccc(OCCO)cc2)c(C)c(CNc2ccc(Cn3oc(=O)[nH]c3=O)cc2)c1C. The van der Waals surface area contributed by atoms with Crippen molar-refractivity contribution in [1.29, 1.82) is 0 Å². The first-order chi connectivity index (χ1) is 16.9. The average molecular weight is 476 g/mol. The number of aliphatic hydroxyl groups excluding tert-OH is 1. The molecule has 4 rings (SSSR count). The number of nitrogens with zero attached hydrogens (tertiary/aromatic N) is 1. The molecule has 0 aliphatic rings. The van der Waals surface area contributed by atoms with Crippen LogP contribution in [0.15, 0.2) is 68.7 Å². The van der Waals surface area contributed by atoms with Gasteiger partial charge < -0.3 is 19.7 Å². The number of anilines is 1. The Hall–Kier alpha value is -4.04. The largest absolute Gasteiger partial charge is 0.491 e. The minimum atomic E-state index is -0.762. The van der Waals surface area contributed by atoms with E-state index in [0.717, 1.165) is 27.3 Å². The number of hydrogen-bond acceptors (Lipinski definition) is 6. The summed E-state index contributed by atoms with van der Waals surface area (Å²) in [6, 6.07) is 17.8. The second-order valence-electron chi connectivity index (χ2n) is 8.46. The second-order valence-corrected chi connectivity index (χ2v) is 8.46. The summed E-state index contributed by atoms with van der Waals surface area (Å²) in [6.07, 6.45) is 0. The second kappa shape index (κ2) is 10.5. The lowest BCUT2D eigenvalue weighted by Crippen LogP contribution is -2.17. The molecule has 0 radical (unpaired) electrons. The molecule has 0 aliphatic carbocycles. The summed E-state index contributed by atoms with van der Waals surface area (Å²) in [7, 11) is 0. The quantitative estimate of drug-likeness (QED) is 0.340. The highest BCUT2D eigenvalue weighted by Gasteiger charge is 2.13. The fourth-order valence-electron chi connectivity index (χ4n) is 4.08. The van der Waals surface area contributed by atoms with Crippen molar-refractivity contribution in [3.05, 3.63) is 103 Å². The Morgan fingerprint density at radius 2 is 1.71 bits per heavy atom. The number of hydrogen-bond donors (Lipinski definition) is 3. The van der Waals surface area contributed by atoms with Gasteiger partial charge in [-0.1, -0.05) is 30.3 Å². The first-order valence-corrected chi connectivity index (χ1v) is 11.4. The number of aromatic amines is 1. The van der Waals surface area contributed by atoms with Crippen LogP contribution in [0.25, 0.3) is 11.1 Å². The summed E-state index contributed by atoms with van der Waals surface area (Å²) in [5, 5.41) is 12.4. The van der Waals surface area contributed by atoms with Gasteiger partial charge in [0, 0.05) is 12.2 Å². The minimum absolute atomic E-state index is 0.0118. The number of ether oxygens (including phenoxy) is 1. The van der Waals surface area contributed by atoms with Gasteiger partial charge in [-0.2, -0.15) is 0 Å². The van der Waals surface area contributed by atoms with Crippen LogP contribution in [0.1, 0.15) is 27.8 Å². The fraction of sp³-hybridized carbons (Fsp3) is 0.259. The molecule has 0 bridgehead atoms. The number of aryl methyl sites for hydroxylation is 1. The van der Waals surface area contributed by atoms with E-state index < -0.39 is 11.4 Å². The zero-order valence-electron chi connectivity index (χ0n) is 20.1. The van der Waals surface area contributed by atoms with Crippen LogP contribution in [0.2, 0.25) is 0 Å². The van der Waals surface area contributed by atoms with Gasteiger partial charge in [0.2, 0.25) is 0 Å². The lowest BCUT2D eigenvalue weighted by molar-refractivity contribution is 0.201. The Balaban J connectivity index is 1.50. The summed E-state index contributed by atoms with van der Waals surface area (Å²) in [5.74, 6) is -0.0272. The summed E-state index contributed by atoms with van der Waals surface area (Å²) in [5.41, 5.74) is 8.43. The maximum absolute atomic E-state index is 11.6. The predicted molar refractivity (Wildman–Crippen MR) is 135 cm³/mol. The molecule has 0 atom stereocenters. The van der Waals surface area contributed by atoms with Crippen LogP contribution in [0.3, 0.4) is 0 Å². The molecule has 8 heteroatoms. The van der Waals surface area contributed by atoms with E-state index in [1.54, 1.807) is 0 Å². The normalized spacial score (nSPS) is 11.0. The van der Waals surface area contributed by atoms with E-state index in [1.807, 2.05) is 48.5 Å². The number of rotatable bonds is 9. The average Bonchev–Trinajstić information content (AvgIpc) is 3.17. The molecular weight excluding hydrogens is 446 g/mol. The van der Waals surface area contributed by atoms with Crippen molar-refractivity contribution in [3.8, 4) is 16.9 Å². The van der Waals surface area contributed by atoms with E-state index in [4.69, 9.17) is 14.4 Å².